The van der Waals surface area contributed by atoms with Crippen LogP contribution in [0.4, 0.5) is 0 Å². The highest BCUT2D eigenvalue weighted by Crippen LogP contribution is 2.34. The number of nitrogens with zero attached hydrogens (tertiary/aromatic N) is 2. The minimum Gasteiger partial charge on any atom is -0.454 e. The molecular formula is C24H27ClN2O4. The van der Waals surface area contributed by atoms with E-state index in [2.05, 4.69) is 25.9 Å². The molecule has 2 heterocycles. The van der Waals surface area contributed by atoms with Crippen molar-refractivity contribution in [2.75, 3.05) is 13.3 Å². The fourth-order valence-electron chi connectivity index (χ4n) is 3.69. The van der Waals surface area contributed by atoms with Crippen LogP contribution in [0.25, 0.3) is 0 Å². The fourth-order valence-corrected chi connectivity index (χ4v) is 3.91. The van der Waals surface area contributed by atoms with E-state index in [0.29, 0.717) is 36.7 Å². The van der Waals surface area contributed by atoms with E-state index in [-0.39, 0.29) is 24.2 Å². The predicted octanol–water partition coefficient (Wildman–Crippen LogP) is 5.03. The molecule has 1 atom stereocenters. The normalized spacial score (nSPS) is 17.3. The smallest absolute Gasteiger partial charge is 0.231 e. The van der Waals surface area contributed by atoms with Gasteiger partial charge in [-0.1, -0.05) is 49.7 Å². The summed E-state index contributed by atoms with van der Waals surface area (Å²) < 4.78 is 10.8. The lowest BCUT2D eigenvalue weighted by molar-refractivity contribution is -0.135. The molecule has 0 saturated carbocycles. The van der Waals surface area contributed by atoms with Crippen molar-refractivity contribution in [1.82, 2.24) is 4.90 Å². The lowest BCUT2D eigenvalue weighted by Crippen LogP contribution is -2.38. The second kappa shape index (κ2) is 8.79. The van der Waals surface area contributed by atoms with Gasteiger partial charge >= 0.3 is 0 Å². The van der Waals surface area contributed by atoms with Gasteiger partial charge in [0.05, 0.1) is 12.3 Å². The summed E-state index contributed by atoms with van der Waals surface area (Å²) in [5.41, 5.74) is 2.67. The molecule has 31 heavy (non-hydrogen) atoms. The summed E-state index contributed by atoms with van der Waals surface area (Å²) in [7, 11) is 0. The minimum absolute atomic E-state index is 0.0904. The first kappa shape index (κ1) is 21.5. The van der Waals surface area contributed by atoms with Crippen molar-refractivity contribution in [3.8, 4) is 11.5 Å². The average Bonchev–Trinajstić information content (AvgIpc) is 3.35. The largest absolute Gasteiger partial charge is 0.454 e. The van der Waals surface area contributed by atoms with Crippen molar-refractivity contribution in [2.24, 2.45) is 10.6 Å². The number of fused-ring (bicyclic) bond motifs is 1. The number of ether oxygens (including phenoxy) is 2. The number of rotatable bonds is 6. The molecule has 7 heteroatoms. The lowest BCUT2D eigenvalue weighted by Gasteiger charge is -2.28. The van der Waals surface area contributed by atoms with Crippen LogP contribution in [-0.2, 0) is 16.2 Å². The Hall–Kier alpha value is -2.73. The van der Waals surface area contributed by atoms with Crippen molar-refractivity contribution >= 4 is 23.2 Å². The van der Waals surface area contributed by atoms with Crippen LogP contribution in [0.1, 0.15) is 44.7 Å². The van der Waals surface area contributed by atoms with Gasteiger partial charge < -0.3 is 19.2 Å². The monoisotopic (exact) mass is 442 g/mol. The molecule has 4 rings (SSSR count). The molecule has 0 fully saturated rings. The lowest BCUT2D eigenvalue weighted by atomic mass is 9.91. The summed E-state index contributed by atoms with van der Waals surface area (Å²) in [4.78, 5) is 20.6. The third kappa shape index (κ3) is 5.50. The molecule has 0 aliphatic carbocycles. The molecule has 2 aromatic carbocycles. The van der Waals surface area contributed by atoms with Crippen molar-refractivity contribution in [1.29, 1.82) is 0 Å². The van der Waals surface area contributed by atoms with Gasteiger partial charge in [-0.15, -0.1) is 0 Å². The second-order valence-corrected chi connectivity index (χ2v) is 9.62. The zero-order valence-electron chi connectivity index (χ0n) is 18.1. The maximum atomic E-state index is 13.1. The number of halogens is 1. The summed E-state index contributed by atoms with van der Waals surface area (Å²) in [5, 5.41) is 4.94. The molecule has 6 nitrogen and oxygen atoms in total. The van der Waals surface area contributed by atoms with Gasteiger partial charge in [0, 0.05) is 30.0 Å². The number of hydrogen-bond donors (Lipinski definition) is 0. The zero-order chi connectivity index (χ0) is 22.0. The molecule has 0 aromatic heterocycles. The summed E-state index contributed by atoms with van der Waals surface area (Å²) in [6.45, 7) is 7.37. The second-order valence-electron chi connectivity index (χ2n) is 9.18. The molecule has 0 saturated heterocycles. The van der Waals surface area contributed by atoms with Gasteiger partial charge in [0.1, 0.15) is 0 Å². The SMILES string of the molecule is CC(C)(C)CC(=O)N(Cc1cccc(Cl)c1)CC1CC(c2ccc3c(c2)OCO3)=NO1. The maximum absolute atomic E-state index is 13.1. The van der Waals surface area contributed by atoms with Crippen LogP contribution >= 0.6 is 11.6 Å². The van der Waals surface area contributed by atoms with Gasteiger partial charge in [-0.05, 0) is 41.3 Å². The molecule has 2 aromatic rings. The molecule has 2 aliphatic rings. The van der Waals surface area contributed by atoms with Crippen LogP contribution in [0.2, 0.25) is 5.02 Å². The Morgan fingerprint density at radius 1 is 1.16 bits per heavy atom. The first-order valence-electron chi connectivity index (χ1n) is 10.4. The van der Waals surface area contributed by atoms with Crippen LogP contribution in [0, 0.1) is 5.41 Å². The van der Waals surface area contributed by atoms with Crippen LogP contribution in [-0.4, -0.2) is 36.0 Å². The Balaban J connectivity index is 1.45. The zero-order valence-corrected chi connectivity index (χ0v) is 18.8. The number of carbonyl (C=O) groups excluding carboxylic acids is 1. The van der Waals surface area contributed by atoms with E-state index in [4.69, 9.17) is 25.9 Å². The Kier molecular flexibility index (Phi) is 6.10. The van der Waals surface area contributed by atoms with E-state index in [0.717, 1.165) is 22.6 Å². The van der Waals surface area contributed by atoms with E-state index in [1.807, 2.05) is 47.4 Å². The van der Waals surface area contributed by atoms with Gasteiger partial charge in [-0.3, -0.25) is 4.79 Å². The molecule has 0 N–H and O–H groups in total. The first-order valence-corrected chi connectivity index (χ1v) is 10.8. The van der Waals surface area contributed by atoms with Gasteiger partial charge in [-0.2, -0.15) is 0 Å². The number of hydrogen-bond acceptors (Lipinski definition) is 5. The predicted molar refractivity (Wildman–Crippen MR) is 120 cm³/mol. The molecular weight excluding hydrogens is 416 g/mol. The maximum Gasteiger partial charge on any atom is 0.231 e. The van der Waals surface area contributed by atoms with Crippen LogP contribution in [0.15, 0.2) is 47.6 Å². The van der Waals surface area contributed by atoms with Crippen molar-refractivity contribution in [3.05, 3.63) is 58.6 Å². The number of oxime groups is 1. The topological polar surface area (TPSA) is 60.4 Å². The third-order valence-corrected chi connectivity index (χ3v) is 5.39. The molecule has 2 aliphatic heterocycles. The van der Waals surface area contributed by atoms with Crippen LogP contribution < -0.4 is 9.47 Å². The highest BCUT2D eigenvalue weighted by atomic mass is 35.5. The summed E-state index contributed by atoms with van der Waals surface area (Å²) in [6, 6.07) is 13.4. The Labute approximate surface area is 187 Å². The number of benzene rings is 2. The molecule has 0 spiro atoms. The van der Waals surface area contributed by atoms with Gasteiger partial charge in [0.2, 0.25) is 12.7 Å². The highest BCUT2D eigenvalue weighted by Gasteiger charge is 2.29. The van der Waals surface area contributed by atoms with Gasteiger partial charge in [-0.25, -0.2) is 0 Å². The van der Waals surface area contributed by atoms with Crippen LogP contribution in [0.3, 0.4) is 0 Å². The van der Waals surface area contributed by atoms with Crippen molar-refractivity contribution in [2.45, 2.75) is 46.3 Å². The Morgan fingerprint density at radius 3 is 2.74 bits per heavy atom. The third-order valence-electron chi connectivity index (χ3n) is 5.16. The van der Waals surface area contributed by atoms with Crippen molar-refractivity contribution < 1.29 is 19.1 Å². The van der Waals surface area contributed by atoms with E-state index >= 15 is 0 Å². The molecule has 164 valence electrons. The molecule has 1 amide bonds. The first-order chi connectivity index (χ1) is 14.8. The number of carbonyl (C=O) groups is 1. The van der Waals surface area contributed by atoms with E-state index in [1.165, 1.54) is 0 Å². The van der Waals surface area contributed by atoms with Gasteiger partial charge in [0.25, 0.3) is 0 Å². The van der Waals surface area contributed by atoms with Crippen molar-refractivity contribution in [3.63, 3.8) is 0 Å². The molecule has 0 radical (unpaired) electrons. The molecule has 1 unspecified atom stereocenters. The van der Waals surface area contributed by atoms with E-state index < -0.39 is 0 Å². The summed E-state index contributed by atoms with van der Waals surface area (Å²) >= 11 is 6.15. The quantitative estimate of drug-likeness (QED) is 0.629. The number of amides is 1. The average molecular weight is 443 g/mol. The standard InChI is InChI=1S/C24H27ClN2O4/c1-24(2,3)12-23(28)27(13-16-5-4-6-18(25)9-16)14-19-11-20(26-31-19)17-7-8-21-22(10-17)30-15-29-21/h4-10,19H,11-15H2,1-3H3. The summed E-state index contributed by atoms with van der Waals surface area (Å²) in [5.74, 6) is 1.54. The molecule has 0 bridgehead atoms. The van der Waals surface area contributed by atoms with Gasteiger partial charge in [0.15, 0.2) is 17.6 Å². The summed E-state index contributed by atoms with van der Waals surface area (Å²) in [6.07, 6.45) is 0.869. The van der Waals surface area contributed by atoms with Crippen LogP contribution in [0.5, 0.6) is 11.5 Å². The minimum atomic E-state index is -0.205. The van der Waals surface area contributed by atoms with E-state index in [9.17, 15) is 4.79 Å². The van der Waals surface area contributed by atoms with E-state index in [1.54, 1.807) is 0 Å². The Bertz CT molecular complexity index is 999. The fraction of sp³-hybridized carbons (Fsp3) is 0.417. The Morgan fingerprint density at radius 2 is 1.97 bits per heavy atom. The highest BCUT2D eigenvalue weighted by molar-refractivity contribution is 6.30.